The molecule has 0 aromatic carbocycles. The summed E-state index contributed by atoms with van der Waals surface area (Å²) in [6.45, 7) is 4.73. The van der Waals surface area contributed by atoms with Gasteiger partial charge in [0.2, 0.25) is 0 Å². The first-order chi connectivity index (χ1) is 13.9. The van der Waals surface area contributed by atoms with Crippen LogP contribution in [0.2, 0.25) is 0 Å². The quantitative estimate of drug-likeness (QED) is 0.764. The van der Waals surface area contributed by atoms with E-state index >= 15 is 0 Å². The lowest BCUT2D eigenvalue weighted by molar-refractivity contribution is -0.141. The summed E-state index contributed by atoms with van der Waals surface area (Å²) in [7, 11) is 0. The number of likely N-dealkylation sites (tertiary alicyclic amines) is 1. The second kappa shape index (κ2) is 8.06. The van der Waals surface area contributed by atoms with Crippen molar-refractivity contribution in [1.82, 2.24) is 14.9 Å². The van der Waals surface area contributed by atoms with Gasteiger partial charge in [0.05, 0.1) is 11.9 Å². The average molecular weight is 409 g/mol. The SMILES string of the molecule is CC(c1ccc2c(n1)OCCO2)N1CCC(Oc2ccc(C(F)(F)F)nc2)CC1. The fourth-order valence-corrected chi connectivity index (χ4v) is 3.56. The number of hydrogen-bond donors (Lipinski definition) is 0. The van der Waals surface area contributed by atoms with Gasteiger partial charge in [-0.2, -0.15) is 13.2 Å². The van der Waals surface area contributed by atoms with Crippen molar-refractivity contribution >= 4 is 0 Å². The molecule has 1 atom stereocenters. The van der Waals surface area contributed by atoms with E-state index in [4.69, 9.17) is 14.2 Å². The van der Waals surface area contributed by atoms with E-state index in [9.17, 15) is 13.2 Å². The largest absolute Gasteiger partial charge is 0.489 e. The molecule has 2 aliphatic heterocycles. The van der Waals surface area contributed by atoms with Crippen molar-refractivity contribution in [2.75, 3.05) is 26.3 Å². The summed E-state index contributed by atoms with van der Waals surface area (Å²) >= 11 is 0. The maximum atomic E-state index is 12.6. The van der Waals surface area contributed by atoms with Crippen molar-refractivity contribution in [2.45, 2.75) is 38.1 Å². The van der Waals surface area contributed by atoms with E-state index in [1.54, 1.807) is 0 Å². The highest BCUT2D eigenvalue weighted by Crippen LogP contribution is 2.32. The molecule has 4 heterocycles. The van der Waals surface area contributed by atoms with Gasteiger partial charge in [0.15, 0.2) is 5.75 Å². The lowest BCUT2D eigenvalue weighted by atomic mass is 10.0. The van der Waals surface area contributed by atoms with Gasteiger partial charge < -0.3 is 14.2 Å². The van der Waals surface area contributed by atoms with E-state index in [-0.39, 0.29) is 12.1 Å². The number of rotatable bonds is 4. The molecule has 6 nitrogen and oxygen atoms in total. The van der Waals surface area contributed by atoms with Crippen LogP contribution >= 0.6 is 0 Å². The van der Waals surface area contributed by atoms with Crippen LogP contribution in [0.5, 0.6) is 17.4 Å². The number of alkyl halides is 3. The van der Waals surface area contributed by atoms with Gasteiger partial charge in [0.25, 0.3) is 5.88 Å². The van der Waals surface area contributed by atoms with Gasteiger partial charge >= 0.3 is 6.18 Å². The second-order valence-electron chi connectivity index (χ2n) is 7.14. The number of halogens is 3. The Morgan fingerprint density at radius 2 is 1.86 bits per heavy atom. The van der Waals surface area contributed by atoms with E-state index in [0.29, 0.717) is 30.6 Å². The van der Waals surface area contributed by atoms with E-state index in [1.165, 1.54) is 6.07 Å². The van der Waals surface area contributed by atoms with Gasteiger partial charge in [-0.05, 0) is 44.0 Å². The first kappa shape index (κ1) is 19.8. The highest BCUT2D eigenvalue weighted by molar-refractivity contribution is 5.36. The van der Waals surface area contributed by atoms with Crippen molar-refractivity contribution in [2.24, 2.45) is 0 Å². The lowest BCUT2D eigenvalue weighted by Gasteiger charge is -2.36. The number of fused-ring (bicyclic) bond motifs is 1. The molecule has 0 N–H and O–H groups in total. The molecule has 0 amide bonds. The summed E-state index contributed by atoms with van der Waals surface area (Å²) in [4.78, 5) is 10.3. The summed E-state index contributed by atoms with van der Waals surface area (Å²) in [6, 6.07) is 6.22. The Bertz CT molecular complexity index is 837. The molecular formula is C20H22F3N3O3. The Balaban J connectivity index is 1.32. The molecule has 1 fully saturated rings. The van der Waals surface area contributed by atoms with Crippen LogP contribution in [0.4, 0.5) is 13.2 Å². The van der Waals surface area contributed by atoms with Gasteiger partial charge in [-0.15, -0.1) is 0 Å². The Kier molecular flexibility index (Phi) is 5.49. The average Bonchev–Trinajstić information content (AvgIpc) is 2.73. The Morgan fingerprint density at radius 1 is 1.10 bits per heavy atom. The van der Waals surface area contributed by atoms with Crippen LogP contribution in [-0.2, 0) is 6.18 Å². The summed E-state index contributed by atoms with van der Waals surface area (Å²) in [5, 5.41) is 0. The van der Waals surface area contributed by atoms with Gasteiger partial charge in [0, 0.05) is 19.1 Å². The van der Waals surface area contributed by atoms with E-state index in [2.05, 4.69) is 21.8 Å². The number of pyridine rings is 2. The number of aromatic nitrogens is 2. The minimum atomic E-state index is -4.44. The molecule has 156 valence electrons. The summed E-state index contributed by atoms with van der Waals surface area (Å²) < 4.78 is 54.7. The Morgan fingerprint density at radius 3 is 2.55 bits per heavy atom. The highest BCUT2D eigenvalue weighted by atomic mass is 19.4. The summed E-state index contributed by atoms with van der Waals surface area (Å²) in [5.74, 6) is 1.57. The van der Waals surface area contributed by atoms with Crippen LogP contribution in [-0.4, -0.2) is 47.3 Å². The molecule has 2 aromatic rings. The van der Waals surface area contributed by atoms with Crippen molar-refractivity contribution < 1.29 is 27.4 Å². The van der Waals surface area contributed by atoms with E-state index < -0.39 is 11.9 Å². The highest BCUT2D eigenvalue weighted by Gasteiger charge is 2.32. The molecule has 0 saturated carbocycles. The van der Waals surface area contributed by atoms with Gasteiger partial charge in [-0.3, -0.25) is 4.90 Å². The van der Waals surface area contributed by atoms with Crippen molar-refractivity contribution in [1.29, 1.82) is 0 Å². The fourth-order valence-electron chi connectivity index (χ4n) is 3.56. The van der Waals surface area contributed by atoms with Crippen LogP contribution < -0.4 is 14.2 Å². The van der Waals surface area contributed by atoms with Gasteiger partial charge in [-0.1, -0.05) is 0 Å². The van der Waals surface area contributed by atoms with Gasteiger partial charge in [-0.25, -0.2) is 9.97 Å². The predicted octanol–water partition coefficient (Wildman–Crippen LogP) is 3.87. The smallest absolute Gasteiger partial charge is 0.433 e. The molecule has 9 heteroatoms. The zero-order valence-electron chi connectivity index (χ0n) is 16.0. The van der Waals surface area contributed by atoms with Crippen LogP contribution in [0.25, 0.3) is 0 Å². The third-order valence-corrected chi connectivity index (χ3v) is 5.21. The molecule has 0 radical (unpaired) electrons. The van der Waals surface area contributed by atoms with E-state index in [0.717, 1.165) is 43.9 Å². The summed E-state index contributed by atoms with van der Waals surface area (Å²) in [5.41, 5.74) is 0.000908. The minimum Gasteiger partial charge on any atom is -0.489 e. The van der Waals surface area contributed by atoms with Crippen LogP contribution in [0.15, 0.2) is 30.5 Å². The van der Waals surface area contributed by atoms with Crippen molar-refractivity contribution in [3.05, 3.63) is 41.9 Å². The van der Waals surface area contributed by atoms with Crippen LogP contribution in [0, 0.1) is 0 Å². The van der Waals surface area contributed by atoms with Crippen molar-refractivity contribution in [3.63, 3.8) is 0 Å². The molecule has 1 unspecified atom stereocenters. The Hall–Kier alpha value is -2.55. The molecule has 2 aliphatic rings. The van der Waals surface area contributed by atoms with E-state index in [1.807, 2.05) is 12.1 Å². The second-order valence-corrected chi connectivity index (χ2v) is 7.14. The molecular weight excluding hydrogens is 387 g/mol. The topological polar surface area (TPSA) is 56.7 Å². The maximum absolute atomic E-state index is 12.6. The zero-order chi connectivity index (χ0) is 20.4. The molecule has 0 bridgehead atoms. The van der Waals surface area contributed by atoms with Crippen LogP contribution in [0.3, 0.4) is 0 Å². The third kappa shape index (κ3) is 4.55. The Labute approximate surface area is 166 Å². The summed E-state index contributed by atoms with van der Waals surface area (Å²) in [6.07, 6.45) is -1.81. The molecule has 4 rings (SSSR count). The number of hydrogen-bond acceptors (Lipinski definition) is 6. The minimum absolute atomic E-state index is 0.0507. The molecule has 0 spiro atoms. The van der Waals surface area contributed by atoms with Crippen LogP contribution in [0.1, 0.15) is 37.2 Å². The van der Waals surface area contributed by atoms with Crippen molar-refractivity contribution in [3.8, 4) is 17.4 Å². The standard InChI is InChI=1S/C20H22F3N3O3/c1-13(16-3-4-17-19(25-16)28-11-10-27-17)26-8-6-14(7-9-26)29-15-2-5-18(24-12-15)20(21,22)23/h2-5,12-14H,6-11H2,1H3. The number of ether oxygens (including phenoxy) is 3. The molecule has 0 aliphatic carbocycles. The van der Waals surface area contributed by atoms with Gasteiger partial charge in [0.1, 0.15) is 30.8 Å². The monoisotopic (exact) mass is 409 g/mol. The number of piperidine rings is 1. The first-order valence-electron chi connectivity index (χ1n) is 9.60. The fraction of sp³-hybridized carbons (Fsp3) is 0.500. The first-order valence-corrected chi connectivity index (χ1v) is 9.60. The maximum Gasteiger partial charge on any atom is 0.433 e. The zero-order valence-corrected chi connectivity index (χ0v) is 16.0. The molecule has 29 heavy (non-hydrogen) atoms. The molecule has 2 aromatic heterocycles. The number of nitrogens with zero attached hydrogens (tertiary/aromatic N) is 3. The normalized spacial score (nSPS) is 19.0. The molecule has 1 saturated heterocycles. The predicted molar refractivity (Wildman–Crippen MR) is 98.1 cm³/mol. The lowest BCUT2D eigenvalue weighted by Crippen LogP contribution is -2.39. The third-order valence-electron chi connectivity index (χ3n) is 5.21.